The van der Waals surface area contributed by atoms with E-state index in [1.54, 1.807) is 0 Å². The summed E-state index contributed by atoms with van der Waals surface area (Å²) in [5.41, 5.74) is 0. The lowest BCUT2D eigenvalue weighted by atomic mass is 10.0. The van der Waals surface area contributed by atoms with Gasteiger partial charge < -0.3 is 34.2 Å². The number of aliphatic hydroxyl groups excluding tert-OH is 2. The van der Waals surface area contributed by atoms with Crippen molar-refractivity contribution >= 4 is 33.6 Å². The highest BCUT2D eigenvalue weighted by molar-refractivity contribution is 7.47. The van der Waals surface area contributed by atoms with E-state index >= 15 is 0 Å². The first-order valence-corrected chi connectivity index (χ1v) is 57.1. The van der Waals surface area contributed by atoms with Gasteiger partial charge in [-0.25, -0.2) is 9.13 Å². The van der Waals surface area contributed by atoms with E-state index in [1.807, 2.05) is 0 Å². The molecular formula is C115H198O16P2. The molecule has 0 aromatic rings. The van der Waals surface area contributed by atoms with Crippen molar-refractivity contribution in [3.8, 4) is 0 Å². The van der Waals surface area contributed by atoms with E-state index in [9.17, 15) is 43.5 Å². The van der Waals surface area contributed by atoms with E-state index in [0.717, 1.165) is 167 Å². The highest BCUT2D eigenvalue weighted by Gasteiger charge is 2.30. The average Bonchev–Trinajstić information content (AvgIpc) is 0.895. The Hall–Kier alpha value is -5.35. The molecule has 0 aliphatic heterocycles. The summed E-state index contributed by atoms with van der Waals surface area (Å²) in [5, 5.41) is 20.8. The molecule has 0 aliphatic carbocycles. The molecular weight excluding hydrogens is 1700 g/mol. The van der Waals surface area contributed by atoms with E-state index in [-0.39, 0.29) is 19.3 Å². The summed E-state index contributed by atoms with van der Waals surface area (Å²) in [6, 6.07) is 0. The first-order chi connectivity index (χ1) is 65.2. The molecule has 4 N–H and O–H groups in total. The van der Waals surface area contributed by atoms with E-state index in [4.69, 9.17) is 32.3 Å². The van der Waals surface area contributed by atoms with Gasteiger partial charge in [0.05, 0.1) is 26.4 Å². The van der Waals surface area contributed by atoms with Crippen LogP contribution in [0.15, 0.2) is 182 Å². The molecule has 0 radical (unpaired) electrons. The van der Waals surface area contributed by atoms with E-state index in [1.165, 1.54) is 244 Å². The molecule has 5 unspecified atom stereocenters. The van der Waals surface area contributed by atoms with Crippen LogP contribution in [0.25, 0.3) is 0 Å². The lowest BCUT2D eigenvalue weighted by Crippen LogP contribution is -2.30. The second-order valence-electron chi connectivity index (χ2n) is 36.0. The maximum absolute atomic E-state index is 13.2. The van der Waals surface area contributed by atoms with Crippen molar-refractivity contribution in [3.63, 3.8) is 0 Å². The van der Waals surface area contributed by atoms with Crippen LogP contribution < -0.4 is 0 Å². The van der Waals surface area contributed by atoms with Gasteiger partial charge in [-0.1, -0.05) is 473 Å². The number of unbranched alkanes of at least 4 members (excludes halogenated alkanes) is 49. The second kappa shape index (κ2) is 106. The van der Waals surface area contributed by atoms with E-state index in [2.05, 4.69) is 203 Å². The molecule has 0 saturated heterocycles. The summed E-state index contributed by atoms with van der Waals surface area (Å²) in [6.45, 7) is 2.51. The maximum Gasteiger partial charge on any atom is 0.472 e. The first kappa shape index (κ1) is 128. The van der Waals surface area contributed by atoms with Gasteiger partial charge >= 0.3 is 33.6 Å². The Labute approximate surface area is 815 Å². The molecule has 0 fully saturated rings. The number of phosphoric acid groups is 2. The Morgan fingerprint density at radius 2 is 0.398 bits per heavy atom. The first-order valence-electron chi connectivity index (χ1n) is 54.1. The molecule has 0 aromatic carbocycles. The molecule has 0 bridgehead atoms. The minimum Gasteiger partial charge on any atom is -0.463 e. The van der Waals surface area contributed by atoms with E-state index < -0.39 is 91.5 Å². The molecule has 133 heavy (non-hydrogen) atoms. The Morgan fingerprint density at radius 3 is 0.632 bits per heavy atom. The minimum absolute atomic E-state index is 0.100. The van der Waals surface area contributed by atoms with Gasteiger partial charge in [0.2, 0.25) is 0 Å². The largest absolute Gasteiger partial charge is 0.472 e. The number of aliphatic hydroxyl groups is 2. The highest BCUT2D eigenvalue weighted by atomic mass is 31.2. The van der Waals surface area contributed by atoms with Gasteiger partial charge in [0.15, 0.2) is 6.10 Å². The number of rotatable bonds is 102. The summed E-state index contributed by atoms with van der Waals surface area (Å²) >= 11 is 0. The average molecular weight is 1900 g/mol. The Balaban J connectivity index is 4.59. The summed E-state index contributed by atoms with van der Waals surface area (Å²) in [7, 11) is -9.82. The fraction of sp³-hybridized carbons (Fsp3) is 0.713. The van der Waals surface area contributed by atoms with Gasteiger partial charge in [-0.15, -0.1) is 0 Å². The normalized spacial score (nSPS) is 14.3. The molecule has 18 heteroatoms. The van der Waals surface area contributed by atoms with Crippen molar-refractivity contribution in [2.75, 3.05) is 39.6 Å². The van der Waals surface area contributed by atoms with Crippen LogP contribution in [0.5, 0.6) is 0 Å². The number of hydrogen-bond donors (Lipinski definition) is 4. The van der Waals surface area contributed by atoms with Gasteiger partial charge in [0, 0.05) is 19.3 Å². The van der Waals surface area contributed by atoms with Crippen molar-refractivity contribution < 1.29 is 75.8 Å². The second-order valence-corrected chi connectivity index (χ2v) is 38.9. The minimum atomic E-state index is -4.95. The van der Waals surface area contributed by atoms with Crippen molar-refractivity contribution in [3.05, 3.63) is 182 Å². The summed E-state index contributed by atoms with van der Waals surface area (Å²) in [5.74, 6) is -1.56. The molecule has 0 amide bonds. The lowest BCUT2D eigenvalue weighted by Gasteiger charge is -2.21. The van der Waals surface area contributed by atoms with Gasteiger partial charge in [-0.2, -0.15) is 0 Å². The Bertz CT molecular complexity index is 3150. The summed E-state index contributed by atoms with van der Waals surface area (Å²) in [6.07, 6.45) is 141. The molecule has 764 valence electrons. The number of carbonyl (C=O) groups is 3. The van der Waals surface area contributed by atoms with Crippen molar-refractivity contribution in [1.82, 2.24) is 0 Å². The van der Waals surface area contributed by atoms with Crippen molar-refractivity contribution in [2.24, 2.45) is 0 Å². The zero-order valence-electron chi connectivity index (χ0n) is 84.9. The smallest absolute Gasteiger partial charge is 0.463 e. The number of esters is 3. The topological polar surface area (TPSA) is 231 Å². The van der Waals surface area contributed by atoms with Crippen LogP contribution in [-0.4, -0.2) is 95.9 Å². The number of carbonyl (C=O) groups excluding carboxylic acids is 3. The lowest BCUT2D eigenvalue weighted by molar-refractivity contribution is -0.161. The van der Waals surface area contributed by atoms with E-state index in [0.29, 0.717) is 19.3 Å². The van der Waals surface area contributed by atoms with Crippen LogP contribution in [0.1, 0.15) is 470 Å². The number of hydrogen-bond acceptors (Lipinski definition) is 14. The molecule has 0 rings (SSSR count). The van der Waals surface area contributed by atoms with Crippen LogP contribution >= 0.6 is 15.6 Å². The molecule has 5 atom stereocenters. The van der Waals surface area contributed by atoms with Crippen LogP contribution in [0.3, 0.4) is 0 Å². The van der Waals surface area contributed by atoms with Gasteiger partial charge in [0.1, 0.15) is 25.4 Å². The predicted molar refractivity (Wildman–Crippen MR) is 565 cm³/mol. The van der Waals surface area contributed by atoms with Crippen molar-refractivity contribution in [2.45, 2.75) is 489 Å². The molecule has 0 aromatic heterocycles. The Morgan fingerprint density at radius 1 is 0.218 bits per heavy atom. The fourth-order valence-electron chi connectivity index (χ4n) is 15.0. The maximum atomic E-state index is 13.2. The molecule has 0 saturated carbocycles. The third-order valence-electron chi connectivity index (χ3n) is 23.1. The molecule has 0 spiro atoms. The van der Waals surface area contributed by atoms with Gasteiger partial charge in [-0.3, -0.25) is 32.5 Å². The SMILES string of the molecule is CC/C=C\C/C=C\C/C=C\C/C=C\C/C=C\C/C=C\CCCCCCCCCCCCCCCCC(=O)OCC(COP(=O)(O)OCC(O)COP(=O)(O)OCC(O)COC(=O)CCCCCCCCCCCCCCCCCCCCC/C=C\C/C=C\C/C=C\C/C=C\C/C=C\CC)OC(=O)CCCCCCCCCCCCCCC/C=C\C/C=C\C/C=C\C/C=C\CCCCC. The summed E-state index contributed by atoms with van der Waals surface area (Å²) in [4.78, 5) is 59.3. The van der Waals surface area contributed by atoms with Crippen LogP contribution in [0, 0.1) is 0 Å². The number of phosphoric ester groups is 2. The van der Waals surface area contributed by atoms with Crippen LogP contribution in [-0.2, 0) is 55.8 Å². The predicted octanol–water partition coefficient (Wildman–Crippen LogP) is 34.7. The van der Waals surface area contributed by atoms with Crippen LogP contribution in [0.2, 0.25) is 0 Å². The van der Waals surface area contributed by atoms with Crippen molar-refractivity contribution in [1.29, 1.82) is 0 Å². The van der Waals surface area contributed by atoms with Gasteiger partial charge in [0.25, 0.3) is 0 Å². The molecule has 0 heterocycles. The number of ether oxygens (including phenoxy) is 3. The van der Waals surface area contributed by atoms with Crippen LogP contribution in [0.4, 0.5) is 0 Å². The fourth-order valence-corrected chi connectivity index (χ4v) is 16.6. The highest BCUT2D eigenvalue weighted by Crippen LogP contribution is 2.45. The number of allylic oxidation sites excluding steroid dienone is 30. The standard InChI is InChI=1S/C115H198O16P2/c1-4-7-10-13-16-19-22-25-28-31-34-37-40-43-46-49-51-53-54-56-58-60-62-65-68-71-74-77-80-83-86-89-92-95-98-101-113(118)125-104-110(116)105-127-132(121,122)128-106-111(117)107-129-133(123,124)130-109-112(131-115(120)103-100-97-94-91-88-85-82-79-76-73-70-67-64-59-48-45-42-39-36-33-30-27-24-21-18-15-12-9-6-3)108-126-114(119)102-99-96-93-90-87-84-81-78-75-72-69-66-63-61-57-55-52-50-47-44-41-38-35-32-29-26-23-20-17-14-11-8-5-2/h7-8,10-11,16-21,25-30,34-39,43-48,52,55,110-112,116-117H,4-6,9,12-15,22-24,31-33,40-42,49-51,53-54,56-109H2,1-3H3,(H,121,122)(H,123,124)/b10-7-,11-8-,19-16-,20-17-,21-18-,28-25-,29-26-,30-27-,37-34-,38-35-,39-36-,46-43-,47-44-,48-45-,55-52-. The third kappa shape index (κ3) is 107. The monoisotopic (exact) mass is 1900 g/mol. The van der Waals surface area contributed by atoms with Gasteiger partial charge in [-0.05, 0) is 161 Å². The summed E-state index contributed by atoms with van der Waals surface area (Å²) < 4.78 is 61.8. The quantitative estimate of drug-likeness (QED) is 0.0146. The molecule has 16 nitrogen and oxygen atoms in total. The zero-order valence-corrected chi connectivity index (χ0v) is 86.7. The third-order valence-corrected chi connectivity index (χ3v) is 25.0. The molecule has 0 aliphatic rings. The Kier molecular flexibility index (Phi) is 101. The zero-order chi connectivity index (χ0) is 96.4.